The SMILES string of the molecule is O=C1c2ccccc2NC(c2ccc(Br)s2)N1c1ccc2c(c1)OCO2. The number of thiophene rings is 1. The normalized spacial score (nSPS) is 17.8. The van der Waals surface area contributed by atoms with Crippen LogP contribution in [-0.4, -0.2) is 12.7 Å². The second-order valence-corrected chi connectivity index (χ2v) is 8.44. The zero-order valence-corrected chi connectivity index (χ0v) is 15.8. The molecule has 1 atom stereocenters. The Bertz CT molecular complexity index is 1020. The van der Waals surface area contributed by atoms with Crippen LogP contribution in [0.25, 0.3) is 0 Å². The number of hydrogen-bond donors (Lipinski definition) is 1. The summed E-state index contributed by atoms with van der Waals surface area (Å²) in [7, 11) is 0. The monoisotopic (exact) mass is 428 g/mol. The van der Waals surface area contributed by atoms with Gasteiger partial charge in [0.25, 0.3) is 5.91 Å². The molecule has 2 aliphatic rings. The largest absolute Gasteiger partial charge is 0.454 e. The Morgan fingerprint density at radius 2 is 1.92 bits per heavy atom. The van der Waals surface area contributed by atoms with Crippen molar-refractivity contribution in [3.63, 3.8) is 0 Å². The standard InChI is InChI=1S/C19H13BrN2O3S/c20-17-8-7-16(26-17)18-21-13-4-2-1-3-12(13)19(23)22(18)11-5-6-14-15(9-11)25-10-24-14/h1-9,18,21H,10H2. The summed E-state index contributed by atoms with van der Waals surface area (Å²) >= 11 is 5.11. The minimum atomic E-state index is -0.297. The van der Waals surface area contributed by atoms with Gasteiger partial charge in [0.15, 0.2) is 11.5 Å². The van der Waals surface area contributed by atoms with E-state index in [1.165, 1.54) is 0 Å². The lowest BCUT2D eigenvalue weighted by molar-refractivity contribution is 0.0975. The molecule has 3 aromatic rings. The molecule has 0 saturated heterocycles. The Balaban J connectivity index is 1.65. The summed E-state index contributed by atoms with van der Waals surface area (Å²) in [6.45, 7) is 0.203. The molecule has 130 valence electrons. The van der Waals surface area contributed by atoms with E-state index in [-0.39, 0.29) is 18.9 Å². The van der Waals surface area contributed by atoms with Crippen LogP contribution in [0.5, 0.6) is 11.5 Å². The maximum Gasteiger partial charge on any atom is 0.262 e. The number of hydrogen-bond acceptors (Lipinski definition) is 5. The Morgan fingerprint density at radius 1 is 1.08 bits per heavy atom. The molecule has 1 amide bonds. The topological polar surface area (TPSA) is 50.8 Å². The van der Waals surface area contributed by atoms with Crippen LogP contribution in [0.15, 0.2) is 58.4 Å². The summed E-state index contributed by atoms with van der Waals surface area (Å²) in [6.07, 6.45) is -0.297. The second-order valence-electron chi connectivity index (χ2n) is 5.95. The Hall–Kier alpha value is -2.51. The average molecular weight is 429 g/mol. The molecule has 5 nitrogen and oxygen atoms in total. The smallest absolute Gasteiger partial charge is 0.262 e. The number of para-hydroxylation sites is 1. The first kappa shape index (κ1) is 15.7. The number of rotatable bonds is 2. The van der Waals surface area contributed by atoms with E-state index >= 15 is 0 Å². The zero-order chi connectivity index (χ0) is 17.7. The summed E-state index contributed by atoms with van der Waals surface area (Å²) < 4.78 is 11.9. The molecule has 5 rings (SSSR count). The van der Waals surface area contributed by atoms with Crippen molar-refractivity contribution < 1.29 is 14.3 Å². The van der Waals surface area contributed by atoms with Crippen molar-refractivity contribution in [3.8, 4) is 11.5 Å². The molecule has 0 fully saturated rings. The van der Waals surface area contributed by atoms with E-state index < -0.39 is 0 Å². The van der Waals surface area contributed by atoms with Gasteiger partial charge in [-0.05, 0) is 52.3 Å². The molecule has 3 heterocycles. The second kappa shape index (κ2) is 6.03. The first-order chi connectivity index (χ1) is 12.7. The third kappa shape index (κ3) is 2.47. The van der Waals surface area contributed by atoms with Crippen LogP contribution in [-0.2, 0) is 0 Å². The van der Waals surface area contributed by atoms with Gasteiger partial charge in [-0.3, -0.25) is 9.69 Å². The highest BCUT2D eigenvalue weighted by molar-refractivity contribution is 9.11. The van der Waals surface area contributed by atoms with Gasteiger partial charge in [-0.25, -0.2) is 0 Å². The van der Waals surface area contributed by atoms with E-state index in [4.69, 9.17) is 9.47 Å². The Morgan fingerprint density at radius 3 is 2.77 bits per heavy atom. The van der Waals surface area contributed by atoms with Crippen LogP contribution >= 0.6 is 27.3 Å². The zero-order valence-electron chi connectivity index (χ0n) is 13.4. The molecule has 0 radical (unpaired) electrons. The third-order valence-electron chi connectivity index (χ3n) is 4.42. The van der Waals surface area contributed by atoms with Crippen molar-refractivity contribution >= 4 is 44.5 Å². The molecule has 2 aromatic carbocycles. The number of halogens is 1. The van der Waals surface area contributed by atoms with Crippen LogP contribution in [0.2, 0.25) is 0 Å². The number of amides is 1. The van der Waals surface area contributed by atoms with Crippen LogP contribution in [0.3, 0.4) is 0 Å². The van der Waals surface area contributed by atoms with Gasteiger partial charge in [0.1, 0.15) is 6.17 Å². The summed E-state index contributed by atoms with van der Waals surface area (Å²) in [5, 5.41) is 3.50. The molecule has 0 aliphatic carbocycles. The molecule has 2 aliphatic heterocycles. The van der Waals surface area contributed by atoms with E-state index in [1.807, 2.05) is 54.6 Å². The van der Waals surface area contributed by atoms with Crippen molar-refractivity contribution in [2.75, 3.05) is 17.0 Å². The Kier molecular flexibility index (Phi) is 3.65. The number of fused-ring (bicyclic) bond motifs is 2. The Labute approximate surface area is 162 Å². The number of benzene rings is 2. The molecule has 0 bridgehead atoms. The number of carbonyl (C=O) groups is 1. The molecular formula is C19H13BrN2O3S. The van der Waals surface area contributed by atoms with E-state index in [2.05, 4.69) is 21.2 Å². The van der Waals surface area contributed by atoms with Crippen LogP contribution in [0, 0.1) is 0 Å². The summed E-state index contributed by atoms with van der Waals surface area (Å²) in [4.78, 5) is 16.1. The first-order valence-electron chi connectivity index (χ1n) is 8.05. The van der Waals surface area contributed by atoms with Crippen molar-refractivity contribution in [1.82, 2.24) is 0 Å². The van der Waals surface area contributed by atoms with Crippen molar-refractivity contribution in [2.24, 2.45) is 0 Å². The number of nitrogens with zero attached hydrogens (tertiary/aromatic N) is 1. The molecular weight excluding hydrogens is 416 g/mol. The van der Waals surface area contributed by atoms with Gasteiger partial charge in [0.2, 0.25) is 6.79 Å². The van der Waals surface area contributed by atoms with Gasteiger partial charge in [-0.2, -0.15) is 0 Å². The third-order valence-corrected chi connectivity index (χ3v) is 6.10. The highest BCUT2D eigenvalue weighted by Crippen LogP contribution is 2.42. The fourth-order valence-electron chi connectivity index (χ4n) is 3.23. The summed E-state index contributed by atoms with van der Waals surface area (Å²) in [5.74, 6) is 1.30. The van der Waals surface area contributed by atoms with Crippen molar-refractivity contribution in [3.05, 3.63) is 68.8 Å². The highest BCUT2D eigenvalue weighted by Gasteiger charge is 2.35. The number of ether oxygens (including phenoxy) is 2. The quantitative estimate of drug-likeness (QED) is 0.622. The lowest BCUT2D eigenvalue weighted by Gasteiger charge is -2.37. The number of anilines is 2. The van der Waals surface area contributed by atoms with Gasteiger partial charge in [0, 0.05) is 16.6 Å². The first-order valence-corrected chi connectivity index (χ1v) is 9.66. The van der Waals surface area contributed by atoms with Gasteiger partial charge in [-0.1, -0.05) is 12.1 Å². The van der Waals surface area contributed by atoms with E-state index in [0.29, 0.717) is 17.1 Å². The van der Waals surface area contributed by atoms with Crippen molar-refractivity contribution in [1.29, 1.82) is 0 Å². The van der Waals surface area contributed by atoms with Crippen LogP contribution < -0.4 is 19.7 Å². The van der Waals surface area contributed by atoms with Gasteiger partial charge in [0.05, 0.1) is 15.0 Å². The number of carbonyl (C=O) groups excluding carboxylic acids is 1. The molecule has 1 N–H and O–H groups in total. The lowest BCUT2D eigenvalue weighted by Crippen LogP contribution is -2.42. The summed E-state index contributed by atoms with van der Waals surface area (Å²) in [6, 6.07) is 17.2. The fraction of sp³-hybridized carbons (Fsp3) is 0.105. The average Bonchev–Trinajstić information content (AvgIpc) is 3.29. The number of nitrogens with one attached hydrogen (secondary N) is 1. The van der Waals surface area contributed by atoms with Gasteiger partial charge in [-0.15, -0.1) is 11.3 Å². The molecule has 0 spiro atoms. The molecule has 26 heavy (non-hydrogen) atoms. The predicted molar refractivity (Wildman–Crippen MR) is 104 cm³/mol. The highest BCUT2D eigenvalue weighted by atomic mass is 79.9. The van der Waals surface area contributed by atoms with Gasteiger partial charge >= 0.3 is 0 Å². The predicted octanol–water partition coefficient (Wildman–Crippen LogP) is 5.01. The minimum absolute atomic E-state index is 0.0484. The maximum absolute atomic E-state index is 13.3. The lowest BCUT2D eigenvalue weighted by atomic mass is 10.1. The van der Waals surface area contributed by atoms with Gasteiger partial charge < -0.3 is 14.8 Å². The molecule has 1 unspecified atom stereocenters. The van der Waals surface area contributed by atoms with E-state index in [9.17, 15) is 4.79 Å². The van der Waals surface area contributed by atoms with Crippen LogP contribution in [0.1, 0.15) is 21.4 Å². The fourth-order valence-corrected chi connectivity index (χ4v) is 4.70. The molecule has 1 aromatic heterocycles. The molecule has 0 saturated carbocycles. The molecule has 7 heteroatoms. The minimum Gasteiger partial charge on any atom is -0.454 e. The summed E-state index contributed by atoms with van der Waals surface area (Å²) in [5.41, 5.74) is 2.25. The van der Waals surface area contributed by atoms with Crippen LogP contribution in [0.4, 0.5) is 11.4 Å². The van der Waals surface area contributed by atoms with E-state index in [1.54, 1.807) is 16.2 Å². The van der Waals surface area contributed by atoms with E-state index in [0.717, 1.165) is 20.0 Å². The maximum atomic E-state index is 13.3. The van der Waals surface area contributed by atoms with Crippen molar-refractivity contribution in [2.45, 2.75) is 6.17 Å².